The molecule has 0 unspecified atom stereocenters. The molecule has 2 nitrogen and oxygen atoms in total. The fourth-order valence-electron chi connectivity index (χ4n) is 3.09. The lowest BCUT2D eigenvalue weighted by molar-refractivity contribution is -0.659. The van der Waals surface area contributed by atoms with E-state index in [0.29, 0.717) is 5.92 Å². The molecule has 22 heavy (non-hydrogen) atoms. The van der Waals surface area contributed by atoms with Gasteiger partial charge in [-0.1, -0.05) is 26.0 Å². The Morgan fingerprint density at radius 1 is 1.14 bits per heavy atom. The molecule has 0 aliphatic carbocycles. The van der Waals surface area contributed by atoms with E-state index in [1.54, 1.807) is 0 Å². The Labute approximate surface area is 132 Å². The number of aromatic nitrogens is 2. The van der Waals surface area contributed by atoms with Crippen LogP contribution in [0.2, 0.25) is 0 Å². The molecule has 2 aromatic heterocycles. The summed E-state index contributed by atoms with van der Waals surface area (Å²) in [5, 5.41) is 2.61. The van der Waals surface area contributed by atoms with E-state index in [-0.39, 0.29) is 0 Å². The van der Waals surface area contributed by atoms with Crippen molar-refractivity contribution in [1.29, 1.82) is 0 Å². The Balaban J connectivity index is 2.22. The average molecular weight is 291 g/mol. The molecule has 112 valence electrons. The Morgan fingerprint density at radius 3 is 2.68 bits per heavy atom. The molecule has 0 spiro atoms. The molecule has 0 saturated carbocycles. The second kappa shape index (κ2) is 5.88. The number of aryl methyl sites for hydroxylation is 2. The first-order valence-corrected chi connectivity index (χ1v) is 7.88. The van der Waals surface area contributed by atoms with Crippen molar-refractivity contribution >= 4 is 10.8 Å². The molecule has 0 atom stereocenters. The van der Waals surface area contributed by atoms with E-state index in [2.05, 4.69) is 73.9 Å². The molecule has 2 heteroatoms. The van der Waals surface area contributed by atoms with Gasteiger partial charge in [0.1, 0.15) is 7.05 Å². The van der Waals surface area contributed by atoms with Gasteiger partial charge in [-0.15, -0.1) is 0 Å². The second-order valence-electron chi connectivity index (χ2n) is 6.49. The first-order chi connectivity index (χ1) is 10.6. The maximum absolute atomic E-state index is 4.22. The van der Waals surface area contributed by atoms with E-state index in [9.17, 15) is 0 Å². The lowest BCUT2D eigenvalue weighted by Crippen LogP contribution is -2.30. The lowest BCUT2D eigenvalue weighted by atomic mass is 9.97. The van der Waals surface area contributed by atoms with Crippen LogP contribution in [0.5, 0.6) is 0 Å². The summed E-state index contributed by atoms with van der Waals surface area (Å²) in [5.41, 5.74) is 5.12. The monoisotopic (exact) mass is 291 g/mol. The van der Waals surface area contributed by atoms with Crippen LogP contribution in [0, 0.1) is 12.8 Å². The SMILES string of the molecule is Cc1cnccc1-c1c2ccc(CC(C)C)cc2cc[n+]1C. The third kappa shape index (κ3) is 2.74. The summed E-state index contributed by atoms with van der Waals surface area (Å²) in [6.07, 6.45) is 7.08. The molecule has 3 aromatic rings. The Kier molecular flexibility index (Phi) is 3.93. The van der Waals surface area contributed by atoms with E-state index in [1.165, 1.54) is 33.2 Å². The van der Waals surface area contributed by atoms with Gasteiger partial charge in [-0.3, -0.25) is 4.98 Å². The summed E-state index contributed by atoms with van der Waals surface area (Å²) >= 11 is 0. The van der Waals surface area contributed by atoms with Crippen molar-refractivity contribution < 1.29 is 4.57 Å². The first-order valence-electron chi connectivity index (χ1n) is 7.88. The molecule has 0 amide bonds. The molecule has 0 bridgehead atoms. The molecule has 0 saturated heterocycles. The maximum atomic E-state index is 4.22. The van der Waals surface area contributed by atoms with Gasteiger partial charge in [-0.25, -0.2) is 4.57 Å². The number of nitrogens with zero attached hydrogens (tertiary/aromatic N) is 2. The molecular formula is C20H23N2+. The molecule has 0 radical (unpaired) electrons. The zero-order valence-electron chi connectivity index (χ0n) is 13.8. The third-order valence-electron chi connectivity index (χ3n) is 4.12. The van der Waals surface area contributed by atoms with Crippen LogP contribution in [0.3, 0.4) is 0 Å². The van der Waals surface area contributed by atoms with Crippen molar-refractivity contribution in [2.45, 2.75) is 27.2 Å². The zero-order valence-corrected chi connectivity index (χ0v) is 13.8. The van der Waals surface area contributed by atoms with Crippen LogP contribution < -0.4 is 4.57 Å². The van der Waals surface area contributed by atoms with Gasteiger partial charge in [0, 0.05) is 18.5 Å². The summed E-state index contributed by atoms with van der Waals surface area (Å²) in [7, 11) is 2.11. The number of hydrogen-bond donors (Lipinski definition) is 0. The van der Waals surface area contributed by atoms with E-state index in [0.717, 1.165) is 6.42 Å². The van der Waals surface area contributed by atoms with Crippen LogP contribution in [0.4, 0.5) is 0 Å². The maximum Gasteiger partial charge on any atom is 0.220 e. The summed E-state index contributed by atoms with van der Waals surface area (Å²) in [5.74, 6) is 0.680. The van der Waals surface area contributed by atoms with Crippen molar-refractivity contribution in [3.8, 4) is 11.3 Å². The van der Waals surface area contributed by atoms with E-state index < -0.39 is 0 Å². The molecule has 3 rings (SSSR count). The Bertz CT molecular complexity index is 819. The van der Waals surface area contributed by atoms with Crippen molar-refractivity contribution in [3.63, 3.8) is 0 Å². The van der Waals surface area contributed by atoms with Gasteiger partial charge in [0.2, 0.25) is 5.69 Å². The number of hydrogen-bond acceptors (Lipinski definition) is 1. The van der Waals surface area contributed by atoms with Gasteiger partial charge < -0.3 is 0 Å². The van der Waals surface area contributed by atoms with Crippen molar-refractivity contribution in [2.75, 3.05) is 0 Å². The van der Waals surface area contributed by atoms with E-state index in [1.807, 2.05) is 12.4 Å². The van der Waals surface area contributed by atoms with Crippen LogP contribution in [-0.4, -0.2) is 4.98 Å². The van der Waals surface area contributed by atoms with Gasteiger partial charge in [-0.2, -0.15) is 0 Å². The smallest absolute Gasteiger partial charge is 0.220 e. The van der Waals surface area contributed by atoms with E-state index in [4.69, 9.17) is 0 Å². The second-order valence-corrected chi connectivity index (χ2v) is 6.49. The van der Waals surface area contributed by atoms with Crippen LogP contribution in [-0.2, 0) is 13.5 Å². The largest absolute Gasteiger partial charge is 0.264 e. The lowest BCUT2D eigenvalue weighted by Gasteiger charge is -2.10. The highest BCUT2D eigenvalue weighted by atomic mass is 14.9. The van der Waals surface area contributed by atoms with Crippen LogP contribution in [0.15, 0.2) is 48.9 Å². The topological polar surface area (TPSA) is 16.8 Å². The normalized spacial score (nSPS) is 11.3. The summed E-state index contributed by atoms with van der Waals surface area (Å²) in [4.78, 5) is 4.22. The van der Waals surface area contributed by atoms with Crippen LogP contribution >= 0.6 is 0 Å². The number of rotatable bonds is 3. The molecular weight excluding hydrogens is 268 g/mol. The summed E-state index contributed by atoms with van der Waals surface area (Å²) < 4.78 is 2.20. The minimum Gasteiger partial charge on any atom is -0.264 e. The molecule has 0 N–H and O–H groups in total. The average Bonchev–Trinajstić information content (AvgIpc) is 2.48. The Morgan fingerprint density at radius 2 is 1.95 bits per heavy atom. The number of fused-ring (bicyclic) bond motifs is 1. The van der Waals surface area contributed by atoms with Gasteiger partial charge in [0.25, 0.3) is 0 Å². The number of benzene rings is 1. The highest BCUT2D eigenvalue weighted by Crippen LogP contribution is 2.28. The summed E-state index contributed by atoms with van der Waals surface area (Å²) in [6, 6.07) is 11.2. The molecule has 0 fully saturated rings. The molecule has 1 aromatic carbocycles. The predicted octanol–water partition coefficient (Wildman–Crippen LogP) is 4.23. The quantitative estimate of drug-likeness (QED) is 0.660. The van der Waals surface area contributed by atoms with Crippen molar-refractivity contribution in [1.82, 2.24) is 4.98 Å². The highest BCUT2D eigenvalue weighted by Gasteiger charge is 2.17. The van der Waals surface area contributed by atoms with Gasteiger partial charge in [0.05, 0.1) is 10.9 Å². The zero-order chi connectivity index (χ0) is 15.7. The highest BCUT2D eigenvalue weighted by molar-refractivity contribution is 5.93. The van der Waals surface area contributed by atoms with Crippen LogP contribution in [0.1, 0.15) is 25.0 Å². The molecule has 2 heterocycles. The fourth-order valence-corrected chi connectivity index (χ4v) is 3.09. The molecule has 0 aliphatic rings. The first kappa shape index (κ1) is 14.7. The van der Waals surface area contributed by atoms with Gasteiger partial charge >= 0.3 is 0 Å². The fraction of sp³-hybridized carbons (Fsp3) is 0.300. The van der Waals surface area contributed by atoms with Crippen molar-refractivity contribution in [3.05, 3.63) is 60.0 Å². The minimum absolute atomic E-state index is 0.680. The van der Waals surface area contributed by atoms with E-state index >= 15 is 0 Å². The third-order valence-corrected chi connectivity index (χ3v) is 4.12. The van der Waals surface area contributed by atoms with Gasteiger partial charge in [-0.05, 0) is 47.9 Å². The standard InChI is InChI=1S/C20H23N2/c1-14(2)11-16-5-6-19-17(12-16)8-10-22(4)20(19)18-7-9-21-13-15(18)3/h5-10,12-14H,11H2,1-4H3/q+1. The Hall–Kier alpha value is -2.22. The molecule has 0 aliphatic heterocycles. The predicted molar refractivity (Wildman–Crippen MR) is 91.6 cm³/mol. The van der Waals surface area contributed by atoms with Crippen molar-refractivity contribution in [2.24, 2.45) is 13.0 Å². The summed E-state index contributed by atoms with van der Waals surface area (Å²) in [6.45, 7) is 6.65. The number of pyridine rings is 2. The van der Waals surface area contributed by atoms with Gasteiger partial charge in [0.15, 0.2) is 6.20 Å². The minimum atomic E-state index is 0.680. The van der Waals surface area contributed by atoms with Crippen LogP contribution in [0.25, 0.3) is 22.0 Å².